The molecule has 1 saturated carbocycles. The van der Waals surface area contributed by atoms with Crippen molar-refractivity contribution in [3.05, 3.63) is 28.2 Å². The molecule has 1 aliphatic carbocycles. The van der Waals surface area contributed by atoms with Crippen LogP contribution >= 0.6 is 15.9 Å². The van der Waals surface area contributed by atoms with Gasteiger partial charge in [-0.15, -0.1) is 0 Å². The Morgan fingerprint density at radius 3 is 2.53 bits per heavy atom. The highest BCUT2D eigenvalue weighted by Crippen LogP contribution is 2.41. The Bertz CT molecular complexity index is 598. The molecule has 4 nitrogen and oxygen atoms in total. The molecule has 6 heteroatoms. The number of benzene rings is 1. The van der Waals surface area contributed by atoms with E-state index < -0.39 is 21.5 Å². The zero-order valence-corrected chi connectivity index (χ0v) is 13.5. The Hall–Kier alpha value is -0.430. The molecule has 1 aliphatic rings. The predicted octanol–water partition coefficient (Wildman–Crippen LogP) is 2.20. The summed E-state index contributed by atoms with van der Waals surface area (Å²) in [6.45, 7) is 5.62. The van der Waals surface area contributed by atoms with E-state index in [9.17, 15) is 13.5 Å². The Morgan fingerprint density at radius 2 is 2.05 bits per heavy atom. The Kier molecular flexibility index (Phi) is 3.81. The first-order chi connectivity index (χ1) is 8.64. The van der Waals surface area contributed by atoms with Crippen molar-refractivity contribution >= 4 is 26.0 Å². The minimum Gasteiger partial charge on any atom is -0.392 e. The van der Waals surface area contributed by atoms with Gasteiger partial charge in [0.05, 0.1) is 11.0 Å². The number of hydrogen-bond acceptors (Lipinski definition) is 3. The highest BCUT2D eigenvalue weighted by Gasteiger charge is 2.49. The minimum atomic E-state index is -3.57. The first kappa shape index (κ1) is 15.0. The second-order valence-electron chi connectivity index (χ2n) is 5.68. The van der Waals surface area contributed by atoms with Crippen LogP contribution in [-0.2, 0) is 10.0 Å². The largest absolute Gasteiger partial charge is 0.392 e. The van der Waals surface area contributed by atoms with Crippen molar-refractivity contribution in [3.8, 4) is 0 Å². The van der Waals surface area contributed by atoms with Gasteiger partial charge in [0.15, 0.2) is 0 Å². The minimum absolute atomic E-state index is 0.232. The normalized spacial score (nSPS) is 25.9. The summed E-state index contributed by atoms with van der Waals surface area (Å²) < 4.78 is 27.9. The van der Waals surface area contributed by atoms with E-state index in [1.807, 2.05) is 20.8 Å². The number of aliphatic hydroxyl groups is 1. The highest BCUT2D eigenvalue weighted by molar-refractivity contribution is 9.10. The van der Waals surface area contributed by atoms with Gasteiger partial charge in [-0.2, -0.15) is 0 Å². The maximum Gasteiger partial charge on any atom is 0.241 e. The van der Waals surface area contributed by atoms with Crippen molar-refractivity contribution in [1.82, 2.24) is 4.72 Å². The van der Waals surface area contributed by atoms with E-state index >= 15 is 0 Å². The lowest BCUT2D eigenvalue weighted by atomic mass is 9.65. The summed E-state index contributed by atoms with van der Waals surface area (Å²) in [6.07, 6.45) is -0.00272. The topological polar surface area (TPSA) is 66.4 Å². The summed E-state index contributed by atoms with van der Waals surface area (Å²) in [4.78, 5) is 0.232. The number of halogens is 1. The number of hydrogen-bond donors (Lipinski definition) is 2. The molecule has 1 fully saturated rings. The summed E-state index contributed by atoms with van der Waals surface area (Å²) in [6, 6.07) is 4.89. The molecule has 2 atom stereocenters. The summed E-state index contributed by atoms with van der Waals surface area (Å²) in [5.74, 6) is 0. The van der Waals surface area contributed by atoms with E-state index in [1.165, 1.54) is 0 Å². The summed E-state index contributed by atoms with van der Waals surface area (Å²) in [5, 5.41) is 9.66. The monoisotopic (exact) mass is 347 g/mol. The predicted molar refractivity (Wildman–Crippen MR) is 77.4 cm³/mol. The SMILES string of the molecule is Cc1ccc(S(=O)(=O)NC2CC(O)C2(C)C)c(Br)c1. The van der Waals surface area contributed by atoms with Crippen LogP contribution in [0, 0.1) is 12.3 Å². The summed E-state index contributed by atoms with van der Waals surface area (Å²) in [7, 11) is -3.57. The van der Waals surface area contributed by atoms with E-state index in [0.29, 0.717) is 10.9 Å². The van der Waals surface area contributed by atoms with E-state index in [0.717, 1.165) is 5.56 Å². The van der Waals surface area contributed by atoms with Gasteiger partial charge < -0.3 is 5.11 Å². The first-order valence-corrected chi connectivity index (χ1v) is 8.39. The summed E-state index contributed by atoms with van der Waals surface area (Å²) in [5.41, 5.74) is 0.565. The maximum atomic E-state index is 12.3. The van der Waals surface area contributed by atoms with Crippen molar-refractivity contribution in [1.29, 1.82) is 0 Å². The van der Waals surface area contributed by atoms with Crippen LogP contribution in [0.2, 0.25) is 0 Å². The van der Waals surface area contributed by atoms with Gasteiger partial charge in [0.25, 0.3) is 0 Å². The molecule has 0 aromatic heterocycles. The van der Waals surface area contributed by atoms with Crippen LogP contribution in [0.5, 0.6) is 0 Å². The fraction of sp³-hybridized carbons (Fsp3) is 0.538. The zero-order valence-electron chi connectivity index (χ0n) is 11.1. The highest BCUT2D eigenvalue weighted by atomic mass is 79.9. The van der Waals surface area contributed by atoms with E-state index in [4.69, 9.17) is 0 Å². The van der Waals surface area contributed by atoms with Crippen molar-refractivity contribution < 1.29 is 13.5 Å². The third-order valence-electron chi connectivity index (χ3n) is 3.89. The third-order valence-corrected chi connectivity index (χ3v) is 6.34. The van der Waals surface area contributed by atoms with E-state index in [-0.39, 0.29) is 10.9 Å². The lowest BCUT2D eigenvalue weighted by molar-refractivity contribution is -0.0645. The van der Waals surface area contributed by atoms with E-state index in [2.05, 4.69) is 20.7 Å². The molecule has 0 bridgehead atoms. The van der Waals surface area contributed by atoms with Crippen molar-refractivity contribution in [2.75, 3.05) is 0 Å². The number of nitrogens with one attached hydrogen (secondary N) is 1. The first-order valence-electron chi connectivity index (χ1n) is 6.11. The molecular weight excluding hydrogens is 330 g/mol. The van der Waals surface area contributed by atoms with Gasteiger partial charge in [-0.25, -0.2) is 13.1 Å². The van der Waals surface area contributed by atoms with Gasteiger partial charge in [-0.1, -0.05) is 19.9 Å². The molecule has 0 spiro atoms. The standard InChI is InChI=1S/C13H18BrNO3S/c1-8-4-5-10(9(14)6-8)19(17,18)15-11-7-12(16)13(11,2)3/h4-6,11-12,15-16H,7H2,1-3H3. The fourth-order valence-corrected chi connectivity index (χ4v) is 4.77. The second kappa shape index (κ2) is 4.84. The van der Waals surface area contributed by atoms with Crippen LogP contribution in [0.3, 0.4) is 0 Å². The zero-order chi connectivity index (χ0) is 14.4. The number of aliphatic hydroxyl groups excluding tert-OH is 1. The molecule has 2 unspecified atom stereocenters. The van der Waals surface area contributed by atoms with Gasteiger partial charge in [-0.3, -0.25) is 0 Å². The molecule has 1 aromatic rings. The van der Waals surface area contributed by atoms with Crippen LogP contribution in [-0.4, -0.2) is 25.7 Å². The van der Waals surface area contributed by atoms with Gasteiger partial charge in [0.1, 0.15) is 0 Å². The average Bonchev–Trinajstić information content (AvgIpc) is 2.27. The Balaban J connectivity index is 2.25. The quantitative estimate of drug-likeness (QED) is 0.880. The molecule has 19 heavy (non-hydrogen) atoms. The average molecular weight is 348 g/mol. The maximum absolute atomic E-state index is 12.3. The lowest BCUT2D eigenvalue weighted by Crippen LogP contribution is -2.61. The van der Waals surface area contributed by atoms with Crippen molar-refractivity contribution in [3.63, 3.8) is 0 Å². The molecule has 0 saturated heterocycles. The Labute approximate surface area is 122 Å². The second-order valence-corrected chi connectivity index (χ2v) is 8.22. The van der Waals surface area contributed by atoms with Crippen molar-refractivity contribution in [2.45, 2.75) is 44.2 Å². The third kappa shape index (κ3) is 2.72. The van der Waals surface area contributed by atoms with Crippen LogP contribution in [0.1, 0.15) is 25.8 Å². The van der Waals surface area contributed by atoms with Crippen LogP contribution in [0.25, 0.3) is 0 Å². The molecular formula is C13H18BrNO3S. The van der Waals surface area contributed by atoms with Gasteiger partial charge in [-0.05, 0) is 47.0 Å². The molecule has 0 amide bonds. The van der Waals surface area contributed by atoms with Crippen LogP contribution in [0.15, 0.2) is 27.6 Å². The number of aryl methyl sites for hydroxylation is 1. The number of rotatable bonds is 3. The van der Waals surface area contributed by atoms with Gasteiger partial charge in [0, 0.05) is 15.9 Å². The molecule has 2 rings (SSSR count). The lowest BCUT2D eigenvalue weighted by Gasteiger charge is -2.49. The number of sulfonamides is 1. The van der Waals surface area contributed by atoms with Gasteiger partial charge in [0.2, 0.25) is 10.0 Å². The molecule has 2 N–H and O–H groups in total. The fourth-order valence-electron chi connectivity index (χ4n) is 2.18. The molecule has 106 valence electrons. The molecule has 0 heterocycles. The molecule has 0 radical (unpaired) electrons. The smallest absolute Gasteiger partial charge is 0.241 e. The van der Waals surface area contributed by atoms with E-state index in [1.54, 1.807) is 18.2 Å². The summed E-state index contributed by atoms with van der Waals surface area (Å²) >= 11 is 3.28. The van der Waals surface area contributed by atoms with Crippen LogP contribution < -0.4 is 4.72 Å². The molecule has 1 aromatic carbocycles. The Morgan fingerprint density at radius 1 is 1.42 bits per heavy atom. The van der Waals surface area contributed by atoms with Gasteiger partial charge >= 0.3 is 0 Å². The molecule has 0 aliphatic heterocycles. The van der Waals surface area contributed by atoms with Crippen molar-refractivity contribution in [2.24, 2.45) is 5.41 Å². The van der Waals surface area contributed by atoms with Crippen LogP contribution in [0.4, 0.5) is 0 Å².